The molecule has 4 N–H and O–H groups in total. The van der Waals surface area contributed by atoms with Gasteiger partial charge in [-0.1, -0.05) is 84.9 Å². The van der Waals surface area contributed by atoms with E-state index in [2.05, 4.69) is 142 Å². The lowest BCUT2D eigenvalue weighted by molar-refractivity contribution is 0.622. The van der Waals surface area contributed by atoms with Crippen LogP contribution in [0.4, 0.5) is 11.4 Å². The second-order valence-electron chi connectivity index (χ2n) is 12.8. The van der Waals surface area contributed by atoms with Gasteiger partial charge in [-0.3, -0.25) is 0 Å². The molecule has 0 bridgehead atoms. The Kier molecular flexibility index (Phi) is 4.25. The van der Waals surface area contributed by atoms with Gasteiger partial charge in [0.05, 0.1) is 12.1 Å². The van der Waals surface area contributed by atoms with Crippen molar-refractivity contribution in [1.82, 2.24) is 9.97 Å². The molecule has 4 heteroatoms. The number of rotatable bonds is 0. The number of H-pyrrole nitrogens is 2. The van der Waals surface area contributed by atoms with Crippen LogP contribution in [0.15, 0.2) is 121 Å². The smallest absolute Gasteiger partial charge is 0.0626 e. The maximum absolute atomic E-state index is 4.06. The molecule has 0 fully saturated rings. The summed E-state index contributed by atoms with van der Waals surface area (Å²) in [6.45, 7) is 0. The standard InChI is InChI=1S/C40H28N4/c1-3-13-25-23(11-1)37-29-19-33-27(21-9-5-7-15-31(21)41-33)17-35(29)44-40(37)26-14-4-2-12-24(26)38-30-20-34-28(18-36(30)43-39(25)38)22-10-6-8-16-32(22)42-34/h1-20,37-44H. The zero-order valence-corrected chi connectivity index (χ0v) is 23.9. The average molecular weight is 565 g/mol. The number of fused-ring (bicyclic) bond motifs is 18. The van der Waals surface area contributed by atoms with E-state index in [1.165, 1.54) is 88.4 Å². The maximum Gasteiger partial charge on any atom is 0.0626 e. The molecular formula is C40H28N4. The van der Waals surface area contributed by atoms with Crippen molar-refractivity contribution in [2.75, 3.05) is 10.6 Å². The first-order valence-electron chi connectivity index (χ1n) is 15.6. The average Bonchev–Trinajstić information content (AvgIpc) is 3.81. The molecule has 4 nitrogen and oxygen atoms in total. The Morgan fingerprint density at radius 1 is 0.341 bits per heavy atom. The van der Waals surface area contributed by atoms with Crippen molar-refractivity contribution in [3.63, 3.8) is 0 Å². The van der Waals surface area contributed by atoms with Crippen molar-refractivity contribution < 1.29 is 0 Å². The van der Waals surface area contributed by atoms with E-state index in [1.54, 1.807) is 0 Å². The van der Waals surface area contributed by atoms with Crippen LogP contribution in [0.2, 0.25) is 0 Å². The maximum atomic E-state index is 4.06. The highest BCUT2D eigenvalue weighted by Gasteiger charge is 2.45. The topological polar surface area (TPSA) is 55.6 Å². The largest absolute Gasteiger partial charge is 0.377 e. The molecule has 4 unspecified atom stereocenters. The third-order valence-electron chi connectivity index (χ3n) is 10.6. The van der Waals surface area contributed by atoms with Gasteiger partial charge in [0, 0.05) is 66.8 Å². The number of hydrogen-bond donors (Lipinski definition) is 4. The third kappa shape index (κ3) is 2.88. The fourth-order valence-electron chi connectivity index (χ4n) is 8.82. The van der Waals surface area contributed by atoms with Crippen LogP contribution in [0.25, 0.3) is 43.6 Å². The van der Waals surface area contributed by atoms with Crippen LogP contribution in [0.5, 0.6) is 0 Å². The van der Waals surface area contributed by atoms with E-state index in [0.717, 1.165) is 0 Å². The molecule has 2 aliphatic heterocycles. The van der Waals surface area contributed by atoms with E-state index in [-0.39, 0.29) is 23.9 Å². The highest BCUT2D eigenvalue weighted by Crippen LogP contribution is 2.58. The number of nitrogens with one attached hydrogen (secondary N) is 4. The summed E-state index contributed by atoms with van der Waals surface area (Å²) in [5, 5.41) is 13.2. The van der Waals surface area contributed by atoms with Crippen LogP contribution < -0.4 is 10.6 Å². The van der Waals surface area contributed by atoms with Crippen molar-refractivity contribution in [1.29, 1.82) is 0 Å². The molecule has 0 spiro atoms. The van der Waals surface area contributed by atoms with E-state index in [0.29, 0.717) is 0 Å². The van der Waals surface area contributed by atoms with Crippen LogP contribution in [-0.2, 0) is 0 Å². The molecule has 208 valence electrons. The first kappa shape index (κ1) is 23.0. The molecular weight excluding hydrogens is 536 g/mol. The Labute approximate surface area is 253 Å². The molecule has 0 amide bonds. The summed E-state index contributed by atoms with van der Waals surface area (Å²) in [7, 11) is 0. The molecule has 0 saturated heterocycles. The second kappa shape index (κ2) is 8.12. The predicted molar refractivity (Wildman–Crippen MR) is 181 cm³/mol. The predicted octanol–water partition coefficient (Wildman–Crippen LogP) is 9.87. The van der Waals surface area contributed by atoms with Crippen LogP contribution in [-0.4, -0.2) is 9.97 Å². The molecule has 6 aromatic carbocycles. The van der Waals surface area contributed by atoms with Crippen LogP contribution >= 0.6 is 0 Å². The van der Waals surface area contributed by atoms with Gasteiger partial charge in [0.1, 0.15) is 0 Å². The molecule has 2 aromatic heterocycles. The Bertz CT molecular complexity index is 2320. The number of anilines is 2. The van der Waals surface area contributed by atoms with Crippen LogP contribution in [0.3, 0.4) is 0 Å². The number of hydrogen-bond acceptors (Lipinski definition) is 2. The Morgan fingerprint density at radius 2 is 0.750 bits per heavy atom. The number of aromatic nitrogens is 2. The number of benzene rings is 6. The molecule has 4 atom stereocenters. The van der Waals surface area contributed by atoms with Crippen molar-refractivity contribution >= 4 is 55.0 Å². The zero-order valence-electron chi connectivity index (χ0n) is 23.9. The first-order chi connectivity index (χ1) is 21.8. The zero-order chi connectivity index (χ0) is 28.5. The van der Waals surface area contributed by atoms with Crippen molar-refractivity contribution in [3.8, 4) is 0 Å². The van der Waals surface area contributed by atoms with E-state index in [9.17, 15) is 0 Å². The normalized spacial score (nSPS) is 21.1. The second-order valence-corrected chi connectivity index (χ2v) is 12.8. The first-order valence-corrected chi connectivity index (χ1v) is 15.6. The highest BCUT2D eigenvalue weighted by atomic mass is 15.0. The summed E-state index contributed by atoms with van der Waals surface area (Å²) in [5.74, 6) is 0.395. The van der Waals surface area contributed by atoms with Gasteiger partial charge in [0.25, 0.3) is 0 Å². The summed E-state index contributed by atoms with van der Waals surface area (Å²) in [4.78, 5) is 7.41. The molecule has 8 aromatic rings. The monoisotopic (exact) mass is 564 g/mol. The lowest BCUT2D eigenvalue weighted by Crippen LogP contribution is -2.24. The van der Waals surface area contributed by atoms with Gasteiger partial charge in [0.15, 0.2) is 0 Å². The van der Waals surface area contributed by atoms with Gasteiger partial charge < -0.3 is 20.6 Å². The van der Waals surface area contributed by atoms with Gasteiger partial charge in [-0.15, -0.1) is 0 Å². The van der Waals surface area contributed by atoms with E-state index < -0.39 is 0 Å². The Morgan fingerprint density at radius 3 is 1.23 bits per heavy atom. The van der Waals surface area contributed by atoms with Gasteiger partial charge in [0.2, 0.25) is 0 Å². The van der Waals surface area contributed by atoms with E-state index >= 15 is 0 Å². The van der Waals surface area contributed by atoms with Crippen LogP contribution in [0.1, 0.15) is 57.3 Å². The molecule has 1 aliphatic carbocycles. The summed E-state index contributed by atoms with van der Waals surface area (Å²) in [6.07, 6.45) is 0. The molecule has 3 aliphatic rings. The molecule has 0 saturated carbocycles. The number of para-hydroxylation sites is 2. The molecule has 0 radical (unpaired) electrons. The van der Waals surface area contributed by atoms with Crippen LogP contribution in [0, 0.1) is 0 Å². The lowest BCUT2D eigenvalue weighted by Gasteiger charge is -2.34. The molecule has 11 rings (SSSR count). The fourth-order valence-corrected chi connectivity index (χ4v) is 8.82. The summed E-state index contributed by atoms with van der Waals surface area (Å²) < 4.78 is 0. The van der Waals surface area contributed by atoms with Gasteiger partial charge in [-0.05, 0) is 69.8 Å². The molecule has 44 heavy (non-hydrogen) atoms. The molecule has 4 heterocycles. The minimum absolute atomic E-state index is 0.141. The van der Waals surface area contributed by atoms with Crippen molar-refractivity contribution in [2.45, 2.75) is 23.9 Å². The SMILES string of the molecule is c1ccc2c(c1)C1Nc3cc4c(cc3C1c1ccccc1C1Nc3cc5c(cc3C21)[nH]c1ccccc15)[nH]c1ccccc14. The Hall–Kier alpha value is -5.48. The summed E-state index contributed by atoms with van der Waals surface area (Å²) in [6, 6.07) is 45.4. The minimum atomic E-state index is 0.141. The lowest BCUT2D eigenvalue weighted by atomic mass is 9.72. The summed E-state index contributed by atoms with van der Waals surface area (Å²) in [5.41, 5.74) is 15.6. The highest BCUT2D eigenvalue weighted by molar-refractivity contribution is 6.10. The van der Waals surface area contributed by atoms with Crippen molar-refractivity contribution in [2.24, 2.45) is 0 Å². The third-order valence-corrected chi connectivity index (χ3v) is 10.6. The van der Waals surface area contributed by atoms with Gasteiger partial charge in [-0.2, -0.15) is 0 Å². The quantitative estimate of drug-likeness (QED) is 0.148. The fraction of sp³-hybridized carbons (Fsp3) is 0.100. The van der Waals surface area contributed by atoms with Gasteiger partial charge >= 0.3 is 0 Å². The van der Waals surface area contributed by atoms with Crippen molar-refractivity contribution in [3.05, 3.63) is 155 Å². The minimum Gasteiger partial charge on any atom is -0.377 e. The summed E-state index contributed by atoms with van der Waals surface area (Å²) >= 11 is 0. The van der Waals surface area contributed by atoms with E-state index in [4.69, 9.17) is 0 Å². The number of aromatic amines is 2. The van der Waals surface area contributed by atoms with Gasteiger partial charge in [-0.25, -0.2) is 0 Å². The Balaban J connectivity index is 1.16. The van der Waals surface area contributed by atoms with E-state index in [1.807, 2.05) is 0 Å².